The van der Waals surface area contributed by atoms with Gasteiger partial charge in [0.2, 0.25) is 0 Å². The number of hydrogen-bond donors (Lipinski definition) is 0. The van der Waals surface area contributed by atoms with Crippen LogP contribution in [0.5, 0.6) is 0 Å². The van der Waals surface area contributed by atoms with E-state index < -0.39 is 17.0 Å². The van der Waals surface area contributed by atoms with Crippen LogP contribution in [-0.2, 0) is 37.5 Å². The number of hydrogen-bond acceptors (Lipinski definition) is 3. The van der Waals surface area contributed by atoms with Crippen molar-refractivity contribution in [3.8, 4) is 0 Å². The molecule has 0 aromatic heterocycles. The van der Waals surface area contributed by atoms with Gasteiger partial charge in [-0.15, -0.1) is 17.2 Å². The molecule has 1 aromatic rings. The minimum atomic E-state index is -4.89. The van der Waals surface area contributed by atoms with Crippen LogP contribution >= 0.6 is 0 Å². The molecule has 1 aliphatic carbocycles. The minimum Gasteiger partial charge on any atom is -0.335 e. The van der Waals surface area contributed by atoms with Crippen molar-refractivity contribution in [1.29, 1.82) is 0 Å². The molecule has 3 rings (SSSR count). The van der Waals surface area contributed by atoms with E-state index in [4.69, 9.17) is 0 Å². The normalized spacial score (nSPS) is 22.8. The zero-order valence-electron chi connectivity index (χ0n) is 11.3. The molecule has 1 heterocycles. The quantitative estimate of drug-likeness (QED) is 0.422. The van der Waals surface area contributed by atoms with Gasteiger partial charge in [-0.2, -0.15) is 19.2 Å². The number of fused-ring (bicyclic) bond motifs is 5. The molecule has 2 unspecified atom stereocenters. The summed E-state index contributed by atoms with van der Waals surface area (Å²) in [5, 5.41) is 10.8. The third kappa shape index (κ3) is 2.90. The summed E-state index contributed by atoms with van der Waals surface area (Å²) in [6.07, 6.45) is -4.27. The summed E-state index contributed by atoms with van der Waals surface area (Å²) in [5.41, 5.74) is 1.24. The monoisotopic (exact) mass is 388 g/mol. The molecule has 1 aliphatic heterocycles. The zero-order valence-corrected chi connectivity index (χ0v) is 14.1. The van der Waals surface area contributed by atoms with E-state index in [-0.39, 0.29) is 63.3 Å². The standard InChI is InChI=1S/C13H10F3N2O3.Y/c14-13(15,16)12(19)17-5-7-3-8(6-17)11-4-9(18(20)21)1-2-10(7)11;/h2,4,7-8H,3,5-6H2;/q-1;. The molecule has 9 heteroatoms. The molecule has 1 fully saturated rings. The molecule has 2 atom stereocenters. The van der Waals surface area contributed by atoms with Crippen molar-refractivity contribution >= 4 is 11.6 Å². The number of nitro groups is 1. The summed E-state index contributed by atoms with van der Waals surface area (Å²) < 4.78 is 37.6. The molecule has 115 valence electrons. The van der Waals surface area contributed by atoms with Gasteiger partial charge in [0.25, 0.3) is 0 Å². The van der Waals surface area contributed by atoms with Crippen molar-refractivity contribution in [3.05, 3.63) is 39.4 Å². The third-order valence-electron chi connectivity index (χ3n) is 4.06. The average molecular weight is 388 g/mol. The van der Waals surface area contributed by atoms with Gasteiger partial charge < -0.3 is 4.90 Å². The molecule has 2 bridgehead atoms. The Kier molecular flexibility index (Phi) is 4.64. The van der Waals surface area contributed by atoms with Crippen molar-refractivity contribution in [2.45, 2.75) is 24.4 Å². The predicted octanol–water partition coefficient (Wildman–Crippen LogP) is 2.37. The minimum absolute atomic E-state index is 0. The first kappa shape index (κ1) is 17.3. The van der Waals surface area contributed by atoms with E-state index in [1.807, 2.05) is 0 Å². The predicted molar refractivity (Wildman–Crippen MR) is 64.7 cm³/mol. The van der Waals surface area contributed by atoms with Gasteiger partial charge in [-0.1, -0.05) is 6.07 Å². The summed E-state index contributed by atoms with van der Waals surface area (Å²) in [6.45, 7) is -0.0590. The fourth-order valence-electron chi connectivity index (χ4n) is 3.21. The number of carbonyl (C=O) groups is 1. The van der Waals surface area contributed by atoms with E-state index in [0.29, 0.717) is 12.0 Å². The van der Waals surface area contributed by atoms with Gasteiger partial charge in [0, 0.05) is 50.7 Å². The maximum absolute atomic E-state index is 12.5. The number of nitrogens with zero attached hydrogens (tertiary/aromatic N) is 2. The van der Waals surface area contributed by atoms with E-state index in [9.17, 15) is 28.1 Å². The second-order valence-electron chi connectivity index (χ2n) is 5.32. The fraction of sp³-hybridized carbons (Fsp3) is 0.462. The van der Waals surface area contributed by atoms with Gasteiger partial charge >= 0.3 is 12.1 Å². The molecular weight excluding hydrogens is 378 g/mol. The smallest absolute Gasteiger partial charge is 0.335 e. The van der Waals surface area contributed by atoms with Crippen LogP contribution in [-0.4, -0.2) is 35.0 Å². The Balaban J connectivity index is 0.00000176. The topological polar surface area (TPSA) is 63.5 Å². The number of amides is 1. The van der Waals surface area contributed by atoms with E-state index >= 15 is 0 Å². The van der Waals surface area contributed by atoms with Crippen molar-refractivity contribution in [1.82, 2.24) is 4.90 Å². The van der Waals surface area contributed by atoms with Crippen molar-refractivity contribution < 1.29 is 55.6 Å². The van der Waals surface area contributed by atoms with Crippen molar-refractivity contribution in [2.75, 3.05) is 13.1 Å². The van der Waals surface area contributed by atoms with Crippen molar-refractivity contribution in [3.63, 3.8) is 0 Å². The summed E-state index contributed by atoms with van der Waals surface area (Å²) in [6, 6.07) is 5.36. The fourth-order valence-corrected chi connectivity index (χ4v) is 3.21. The Morgan fingerprint density at radius 2 is 1.91 bits per heavy atom. The molecule has 1 saturated heterocycles. The molecule has 0 N–H and O–H groups in total. The van der Waals surface area contributed by atoms with Crippen LogP contribution in [0.25, 0.3) is 0 Å². The molecule has 1 aromatic carbocycles. The number of carbonyl (C=O) groups excluding carboxylic acids is 1. The Labute approximate surface area is 148 Å². The van der Waals surface area contributed by atoms with Crippen LogP contribution in [0.15, 0.2) is 12.1 Å². The van der Waals surface area contributed by atoms with Gasteiger partial charge in [0.05, 0.1) is 0 Å². The van der Waals surface area contributed by atoms with Gasteiger partial charge in [-0.05, 0) is 18.3 Å². The number of likely N-dealkylation sites (tertiary alicyclic amines) is 1. The maximum Gasteiger partial charge on any atom is 0.471 e. The first-order valence-corrected chi connectivity index (χ1v) is 6.33. The average Bonchev–Trinajstić information content (AvgIpc) is 2.68. The van der Waals surface area contributed by atoms with Crippen LogP contribution in [0, 0.1) is 16.2 Å². The summed E-state index contributed by atoms with van der Waals surface area (Å²) in [5.74, 6) is -2.33. The summed E-state index contributed by atoms with van der Waals surface area (Å²) >= 11 is 0. The van der Waals surface area contributed by atoms with Gasteiger partial charge in [-0.3, -0.25) is 14.9 Å². The molecule has 0 saturated carbocycles. The number of rotatable bonds is 1. The number of alkyl halides is 3. The second-order valence-corrected chi connectivity index (χ2v) is 5.32. The van der Waals surface area contributed by atoms with Crippen LogP contribution in [0.3, 0.4) is 0 Å². The van der Waals surface area contributed by atoms with Crippen LogP contribution in [0.4, 0.5) is 18.9 Å². The van der Waals surface area contributed by atoms with Gasteiger partial charge in [0.15, 0.2) is 5.69 Å². The maximum atomic E-state index is 12.5. The number of halogens is 3. The van der Waals surface area contributed by atoms with Crippen LogP contribution in [0.2, 0.25) is 0 Å². The van der Waals surface area contributed by atoms with E-state index in [1.54, 1.807) is 0 Å². The Bertz CT molecular complexity index is 635. The molecule has 1 radical (unpaired) electrons. The number of nitro benzene ring substituents is 1. The molecule has 0 spiro atoms. The Morgan fingerprint density at radius 3 is 2.45 bits per heavy atom. The number of benzene rings is 1. The number of non-ortho nitro benzene ring substituents is 1. The van der Waals surface area contributed by atoms with Crippen molar-refractivity contribution in [2.24, 2.45) is 0 Å². The van der Waals surface area contributed by atoms with Crippen LogP contribution < -0.4 is 0 Å². The summed E-state index contributed by atoms with van der Waals surface area (Å²) in [7, 11) is 0. The Morgan fingerprint density at radius 1 is 1.32 bits per heavy atom. The third-order valence-corrected chi connectivity index (χ3v) is 4.06. The van der Waals surface area contributed by atoms with Gasteiger partial charge in [-0.25, -0.2) is 0 Å². The first-order valence-electron chi connectivity index (χ1n) is 6.33. The van der Waals surface area contributed by atoms with Gasteiger partial charge in [0.1, 0.15) is 0 Å². The molecule has 22 heavy (non-hydrogen) atoms. The van der Waals surface area contributed by atoms with Crippen LogP contribution in [0.1, 0.15) is 29.4 Å². The molecule has 1 amide bonds. The largest absolute Gasteiger partial charge is 0.471 e. The zero-order chi connectivity index (χ0) is 15.4. The first-order chi connectivity index (χ1) is 9.77. The summed E-state index contributed by atoms with van der Waals surface area (Å²) in [4.78, 5) is 22.3. The Hall–Kier alpha value is -1.02. The molecule has 2 aliphatic rings. The number of piperidine rings is 1. The second kappa shape index (κ2) is 5.88. The SMILES string of the molecule is O=C(N1CC2CC(C1)c1cc([N+](=O)[O-])[c-]cc12)C(F)(F)F.[Y]. The molecule has 5 nitrogen and oxygen atoms in total. The molecular formula is C13H10F3N2O3Y-. The van der Waals surface area contributed by atoms with E-state index in [0.717, 1.165) is 10.5 Å². The van der Waals surface area contributed by atoms with E-state index in [1.165, 1.54) is 12.1 Å². The van der Waals surface area contributed by atoms with E-state index in [2.05, 4.69) is 6.07 Å².